The Morgan fingerprint density at radius 2 is 1.04 bits per heavy atom. The molecular formula is C20H41N5. The van der Waals surface area contributed by atoms with Crippen molar-refractivity contribution in [1.82, 2.24) is 16.0 Å². The predicted molar refractivity (Wildman–Crippen MR) is 110 cm³/mol. The summed E-state index contributed by atoms with van der Waals surface area (Å²) in [5.41, 5.74) is -0.216. The normalized spacial score (nSPS) is 19.5. The van der Waals surface area contributed by atoms with E-state index in [0.717, 1.165) is 37.9 Å². The average molecular weight is 352 g/mol. The van der Waals surface area contributed by atoms with Gasteiger partial charge in [0.1, 0.15) is 5.66 Å². The molecule has 146 valence electrons. The number of guanidine groups is 2. The SMILES string of the molecule is CCCCCCCCN=C1NC(=NCCCCCCC)NC(C)(C)N1. The molecule has 0 bridgehead atoms. The van der Waals surface area contributed by atoms with E-state index < -0.39 is 0 Å². The molecule has 0 aromatic carbocycles. The molecule has 1 fully saturated rings. The van der Waals surface area contributed by atoms with Gasteiger partial charge in [0, 0.05) is 13.1 Å². The summed E-state index contributed by atoms with van der Waals surface area (Å²) >= 11 is 0. The zero-order valence-corrected chi connectivity index (χ0v) is 17.1. The zero-order valence-electron chi connectivity index (χ0n) is 17.1. The first-order valence-corrected chi connectivity index (χ1v) is 10.5. The molecular weight excluding hydrogens is 310 g/mol. The lowest BCUT2D eigenvalue weighted by Crippen LogP contribution is -2.68. The maximum atomic E-state index is 4.69. The van der Waals surface area contributed by atoms with Crippen LogP contribution in [-0.2, 0) is 0 Å². The third-order valence-electron chi connectivity index (χ3n) is 4.41. The van der Waals surface area contributed by atoms with Gasteiger partial charge in [-0.1, -0.05) is 71.6 Å². The van der Waals surface area contributed by atoms with Gasteiger partial charge >= 0.3 is 0 Å². The van der Waals surface area contributed by atoms with Crippen LogP contribution in [0.5, 0.6) is 0 Å². The molecule has 0 aromatic heterocycles. The minimum Gasteiger partial charge on any atom is -0.334 e. The van der Waals surface area contributed by atoms with Crippen LogP contribution < -0.4 is 16.0 Å². The first kappa shape index (κ1) is 21.8. The molecule has 1 aliphatic heterocycles. The van der Waals surface area contributed by atoms with E-state index >= 15 is 0 Å². The Morgan fingerprint density at radius 3 is 1.48 bits per heavy atom. The van der Waals surface area contributed by atoms with Gasteiger partial charge in [0.05, 0.1) is 0 Å². The highest BCUT2D eigenvalue weighted by Gasteiger charge is 2.26. The first-order valence-electron chi connectivity index (χ1n) is 10.5. The molecule has 1 saturated heterocycles. The summed E-state index contributed by atoms with van der Waals surface area (Å²) in [5.74, 6) is 1.70. The molecule has 0 saturated carbocycles. The smallest absolute Gasteiger partial charge is 0.199 e. The van der Waals surface area contributed by atoms with Crippen LogP contribution in [0.25, 0.3) is 0 Å². The van der Waals surface area contributed by atoms with Crippen LogP contribution in [0.2, 0.25) is 0 Å². The summed E-state index contributed by atoms with van der Waals surface area (Å²) in [6.07, 6.45) is 14.2. The average Bonchev–Trinajstić information content (AvgIpc) is 2.56. The molecule has 1 rings (SSSR count). The summed E-state index contributed by atoms with van der Waals surface area (Å²) in [6, 6.07) is 0. The Balaban J connectivity index is 2.33. The fraction of sp³-hybridized carbons (Fsp3) is 0.900. The molecule has 5 heteroatoms. The zero-order chi connectivity index (χ0) is 18.4. The maximum absolute atomic E-state index is 4.69. The molecule has 25 heavy (non-hydrogen) atoms. The molecule has 0 radical (unpaired) electrons. The van der Waals surface area contributed by atoms with Gasteiger partial charge in [-0.15, -0.1) is 0 Å². The molecule has 0 atom stereocenters. The lowest BCUT2D eigenvalue weighted by molar-refractivity contribution is 0.403. The van der Waals surface area contributed by atoms with Crippen LogP contribution in [0.3, 0.4) is 0 Å². The first-order chi connectivity index (χ1) is 12.1. The molecule has 0 aromatic rings. The highest BCUT2D eigenvalue weighted by molar-refractivity contribution is 6.01. The fourth-order valence-corrected chi connectivity index (χ4v) is 2.95. The standard InChI is InChI=1S/C20H41N5/c1-5-7-9-11-13-15-17-22-19-23-18(24-20(3,4)25-19)21-16-14-12-10-8-6-2/h5-17H2,1-4H3,(H3,21,22,23,24,25). The van der Waals surface area contributed by atoms with Gasteiger partial charge in [-0.05, 0) is 26.7 Å². The summed E-state index contributed by atoms with van der Waals surface area (Å²) < 4.78 is 0. The second-order valence-corrected chi connectivity index (χ2v) is 7.64. The third-order valence-corrected chi connectivity index (χ3v) is 4.41. The fourth-order valence-electron chi connectivity index (χ4n) is 2.95. The highest BCUT2D eigenvalue weighted by Crippen LogP contribution is 2.06. The Morgan fingerprint density at radius 1 is 0.640 bits per heavy atom. The van der Waals surface area contributed by atoms with Crippen LogP contribution in [-0.4, -0.2) is 30.7 Å². The van der Waals surface area contributed by atoms with Gasteiger partial charge in [-0.25, -0.2) is 0 Å². The molecule has 0 unspecified atom stereocenters. The van der Waals surface area contributed by atoms with Gasteiger partial charge in [-0.2, -0.15) is 0 Å². The minimum absolute atomic E-state index is 0.216. The summed E-state index contributed by atoms with van der Waals surface area (Å²) in [4.78, 5) is 9.37. The van der Waals surface area contributed by atoms with Crippen LogP contribution >= 0.6 is 0 Å². The molecule has 0 amide bonds. The second kappa shape index (κ2) is 13.0. The Labute approximate surface area is 155 Å². The van der Waals surface area contributed by atoms with E-state index in [1.54, 1.807) is 0 Å². The van der Waals surface area contributed by atoms with Gasteiger partial charge in [0.2, 0.25) is 0 Å². The van der Waals surface area contributed by atoms with Gasteiger partial charge in [0.25, 0.3) is 0 Å². The van der Waals surface area contributed by atoms with E-state index in [2.05, 4.69) is 53.6 Å². The lowest BCUT2D eigenvalue weighted by atomic mass is 10.1. The number of hydrogen-bond donors (Lipinski definition) is 3. The van der Waals surface area contributed by atoms with E-state index in [0.29, 0.717) is 0 Å². The van der Waals surface area contributed by atoms with Crippen molar-refractivity contribution in [3.8, 4) is 0 Å². The van der Waals surface area contributed by atoms with Crippen LogP contribution in [0, 0.1) is 0 Å². The lowest BCUT2D eigenvalue weighted by Gasteiger charge is -2.36. The van der Waals surface area contributed by atoms with E-state index in [1.165, 1.54) is 57.8 Å². The van der Waals surface area contributed by atoms with Gasteiger partial charge < -0.3 is 10.6 Å². The monoisotopic (exact) mass is 351 g/mol. The number of rotatable bonds is 13. The summed E-state index contributed by atoms with van der Waals surface area (Å²) in [7, 11) is 0. The topological polar surface area (TPSA) is 60.8 Å². The van der Waals surface area contributed by atoms with E-state index in [-0.39, 0.29) is 5.66 Å². The molecule has 0 spiro atoms. The summed E-state index contributed by atoms with van der Waals surface area (Å²) in [5, 5.41) is 10.1. The van der Waals surface area contributed by atoms with Gasteiger partial charge in [-0.3, -0.25) is 15.3 Å². The van der Waals surface area contributed by atoms with Gasteiger partial charge in [0.15, 0.2) is 11.9 Å². The van der Waals surface area contributed by atoms with Crippen molar-refractivity contribution in [3.63, 3.8) is 0 Å². The summed E-state index contributed by atoms with van der Waals surface area (Å²) in [6.45, 7) is 10.5. The van der Waals surface area contributed by atoms with Crippen molar-refractivity contribution in [3.05, 3.63) is 0 Å². The predicted octanol–water partition coefficient (Wildman–Crippen LogP) is 4.55. The number of aliphatic imine (C=N–C) groups is 2. The highest BCUT2D eigenvalue weighted by atomic mass is 15.4. The Bertz CT molecular complexity index is 401. The molecule has 1 heterocycles. The largest absolute Gasteiger partial charge is 0.334 e. The Kier molecular flexibility index (Phi) is 11.3. The molecule has 5 nitrogen and oxygen atoms in total. The third kappa shape index (κ3) is 11.1. The van der Waals surface area contributed by atoms with Crippen LogP contribution in [0.15, 0.2) is 9.98 Å². The van der Waals surface area contributed by atoms with Crippen molar-refractivity contribution in [2.24, 2.45) is 9.98 Å². The van der Waals surface area contributed by atoms with Crippen LogP contribution in [0.4, 0.5) is 0 Å². The van der Waals surface area contributed by atoms with Crippen molar-refractivity contribution in [2.45, 2.75) is 104 Å². The van der Waals surface area contributed by atoms with E-state index in [9.17, 15) is 0 Å². The Hall–Kier alpha value is -1.26. The quantitative estimate of drug-likeness (QED) is 0.427. The maximum Gasteiger partial charge on any atom is 0.199 e. The van der Waals surface area contributed by atoms with Crippen molar-refractivity contribution in [2.75, 3.05) is 13.1 Å². The number of unbranched alkanes of at least 4 members (excludes halogenated alkanes) is 9. The molecule has 0 aliphatic carbocycles. The number of hydrogen-bond acceptors (Lipinski definition) is 2. The van der Waals surface area contributed by atoms with Crippen LogP contribution in [0.1, 0.15) is 98.3 Å². The molecule has 3 N–H and O–H groups in total. The molecule has 1 aliphatic rings. The van der Waals surface area contributed by atoms with Crippen molar-refractivity contribution in [1.29, 1.82) is 0 Å². The van der Waals surface area contributed by atoms with E-state index in [4.69, 9.17) is 0 Å². The second-order valence-electron chi connectivity index (χ2n) is 7.64. The minimum atomic E-state index is -0.216. The number of nitrogens with one attached hydrogen (secondary N) is 3. The van der Waals surface area contributed by atoms with E-state index in [1.807, 2.05) is 0 Å². The number of nitrogens with zero attached hydrogens (tertiary/aromatic N) is 2. The van der Waals surface area contributed by atoms with Crippen molar-refractivity contribution >= 4 is 11.9 Å². The van der Waals surface area contributed by atoms with Crippen molar-refractivity contribution < 1.29 is 0 Å².